The second-order valence-corrected chi connectivity index (χ2v) is 6.65. The lowest BCUT2D eigenvalue weighted by molar-refractivity contribution is 0.158. The van der Waals surface area contributed by atoms with Gasteiger partial charge in [0.25, 0.3) is 0 Å². The van der Waals surface area contributed by atoms with Crippen molar-refractivity contribution in [3.8, 4) is 0 Å². The van der Waals surface area contributed by atoms with Crippen LogP contribution >= 0.6 is 0 Å². The van der Waals surface area contributed by atoms with E-state index in [0.29, 0.717) is 18.5 Å². The summed E-state index contributed by atoms with van der Waals surface area (Å²) in [5.74, 6) is 0.680. The molecule has 3 N–H and O–H groups in total. The zero-order valence-corrected chi connectivity index (χ0v) is 11.7. The number of nitrogens with zero attached hydrogens (tertiary/aromatic N) is 1. The summed E-state index contributed by atoms with van der Waals surface area (Å²) in [4.78, 5) is 2.21. The van der Waals surface area contributed by atoms with E-state index in [4.69, 9.17) is 5.14 Å². The minimum Gasteiger partial charge on any atom is -0.314 e. The fraction of sp³-hybridized carbons (Fsp3) is 1.00. The van der Waals surface area contributed by atoms with Crippen molar-refractivity contribution in [3.63, 3.8) is 0 Å². The maximum Gasteiger partial charge on any atom is 0.210 e. The second kappa shape index (κ2) is 6.68. The fourth-order valence-corrected chi connectivity index (χ4v) is 2.96. The van der Waals surface area contributed by atoms with E-state index in [-0.39, 0.29) is 5.75 Å². The number of rotatable bonds is 6. The van der Waals surface area contributed by atoms with Gasteiger partial charge in [-0.05, 0) is 38.8 Å². The lowest BCUT2D eigenvalue weighted by Crippen LogP contribution is -2.45. The molecule has 0 aromatic carbocycles. The summed E-state index contributed by atoms with van der Waals surface area (Å²) in [6, 6.07) is 0.497. The molecule has 1 fully saturated rings. The minimum atomic E-state index is -3.33. The highest BCUT2D eigenvalue weighted by Gasteiger charge is 2.24. The number of nitrogens with two attached hydrogens (primary N) is 1. The molecule has 102 valence electrons. The molecule has 0 amide bonds. The Hall–Kier alpha value is -0.170. The molecule has 17 heavy (non-hydrogen) atoms. The van der Waals surface area contributed by atoms with Crippen LogP contribution in [0.2, 0.25) is 0 Å². The Bertz CT molecular complexity index is 319. The summed E-state index contributed by atoms with van der Waals surface area (Å²) in [6.07, 6.45) is 2.37. The Kier molecular flexibility index (Phi) is 5.85. The van der Waals surface area contributed by atoms with E-state index >= 15 is 0 Å². The van der Waals surface area contributed by atoms with Crippen molar-refractivity contribution in [2.24, 2.45) is 11.1 Å². The standard InChI is InChI=1S/C11H25N3O2S/c1-3-13-10(2)11-5-4-6-14(9-11)7-8-17(12,15)16/h10-11,13H,3-9H2,1-2H3,(H2,12,15,16). The minimum absolute atomic E-state index is 0.0648. The Balaban J connectivity index is 2.38. The average molecular weight is 263 g/mol. The Morgan fingerprint density at radius 1 is 1.53 bits per heavy atom. The van der Waals surface area contributed by atoms with E-state index in [1.165, 1.54) is 6.42 Å². The molecule has 0 aromatic heterocycles. The predicted molar refractivity (Wildman–Crippen MR) is 70.3 cm³/mol. The molecule has 1 saturated heterocycles. The lowest BCUT2D eigenvalue weighted by atomic mass is 9.91. The molecular formula is C11H25N3O2S. The molecule has 1 aliphatic heterocycles. The van der Waals surface area contributed by atoms with Crippen LogP contribution in [0.15, 0.2) is 0 Å². The molecule has 0 aliphatic carbocycles. The summed E-state index contributed by atoms with van der Waals surface area (Å²) in [5, 5.41) is 8.47. The van der Waals surface area contributed by atoms with Crippen molar-refractivity contribution >= 4 is 10.0 Å². The van der Waals surface area contributed by atoms with Gasteiger partial charge in [-0.1, -0.05) is 6.92 Å². The molecule has 2 unspecified atom stereocenters. The molecule has 5 nitrogen and oxygen atoms in total. The maximum absolute atomic E-state index is 10.9. The van der Waals surface area contributed by atoms with Gasteiger partial charge >= 0.3 is 0 Å². The summed E-state index contributed by atoms with van der Waals surface area (Å²) in [7, 11) is -3.33. The third-order valence-corrected chi connectivity index (χ3v) is 4.22. The predicted octanol–water partition coefficient (Wildman–Crippen LogP) is -0.0151. The van der Waals surface area contributed by atoms with Gasteiger partial charge in [0, 0.05) is 19.1 Å². The Morgan fingerprint density at radius 3 is 2.82 bits per heavy atom. The number of primary sulfonamides is 1. The van der Waals surface area contributed by atoms with Gasteiger partial charge in [0.1, 0.15) is 0 Å². The fourth-order valence-electron chi connectivity index (χ4n) is 2.45. The summed E-state index contributed by atoms with van der Waals surface area (Å²) >= 11 is 0. The van der Waals surface area contributed by atoms with Crippen molar-refractivity contribution in [1.82, 2.24) is 10.2 Å². The molecule has 1 heterocycles. The molecule has 1 aliphatic rings. The van der Waals surface area contributed by atoms with Crippen molar-refractivity contribution in [2.75, 3.05) is 31.9 Å². The van der Waals surface area contributed by atoms with E-state index in [1.807, 2.05) is 0 Å². The van der Waals surface area contributed by atoms with E-state index < -0.39 is 10.0 Å². The summed E-state index contributed by atoms with van der Waals surface area (Å²) < 4.78 is 21.9. The zero-order chi connectivity index (χ0) is 12.9. The third-order valence-electron chi connectivity index (χ3n) is 3.47. The van der Waals surface area contributed by atoms with Gasteiger partial charge in [-0.2, -0.15) is 0 Å². The van der Waals surface area contributed by atoms with E-state index in [1.54, 1.807) is 0 Å². The van der Waals surface area contributed by atoms with Gasteiger partial charge in [0.15, 0.2) is 0 Å². The van der Waals surface area contributed by atoms with Gasteiger partial charge in [-0.25, -0.2) is 13.6 Å². The first-order valence-electron chi connectivity index (χ1n) is 6.38. The molecule has 0 spiro atoms. The van der Waals surface area contributed by atoms with Crippen LogP contribution in [-0.4, -0.2) is 51.3 Å². The lowest BCUT2D eigenvalue weighted by Gasteiger charge is -2.35. The number of hydrogen-bond donors (Lipinski definition) is 2. The smallest absolute Gasteiger partial charge is 0.210 e. The molecule has 0 aromatic rings. The summed E-state index contributed by atoms with van der Waals surface area (Å²) in [5.41, 5.74) is 0. The molecule has 2 atom stereocenters. The highest BCUT2D eigenvalue weighted by atomic mass is 32.2. The van der Waals surface area contributed by atoms with Gasteiger partial charge in [0.05, 0.1) is 5.75 Å². The monoisotopic (exact) mass is 263 g/mol. The van der Waals surface area contributed by atoms with Gasteiger partial charge < -0.3 is 10.2 Å². The van der Waals surface area contributed by atoms with Crippen LogP contribution in [0.5, 0.6) is 0 Å². The Morgan fingerprint density at radius 2 is 2.24 bits per heavy atom. The molecule has 0 radical (unpaired) electrons. The van der Waals surface area contributed by atoms with Crippen molar-refractivity contribution in [3.05, 3.63) is 0 Å². The largest absolute Gasteiger partial charge is 0.314 e. The van der Waals surface area contributed by atoms with Crippen LogP contribution in [0.25, 0.3) is 0 Å². The number of likely N-dealkylation sites (tertiary alicyclic amines) is 1. The maximum atomic E-state index is 10.9. The number of hydrogen-bond acceptors (Lipinski definition) is 4. The first-order valence-corrected chi connectivity index (χ1v) is 8.10. The topological polar surface area (TPSA) is 75.4 Å². The Labute approximate surface area is 105 Å². The molecule has 0 bridgehead atoms. The first kappa shape index (κ1) is 14.9. The number of sulfonamides is 1. The quantitative estimate of drug-likeness (QED) is 0.706. The van der Waals surface area contributed by atoms with E-state index in [2.05, 4.69) is 24.1 Å². The van der Waals surface area contributed by atoms with Gasteiger partial charge in [0.2, 0.25) is 10.0 Å². The van der Waals surface area contributed by atoms with Crippen LogP contribution in [0.3, 0.4) is 0 Å². The van der Waals surface area contributed by atoms with Crippen molar-refractivity contribution in [2.45, 2.75) is 32.7 Å². The highest BCUT2D eigenvalue weighted by molar-refractivity contribution is 7.89. The van der Waals surface area contributed by atoms with Crippen molar-refractivity contribution < 1.29 is 8.42 Å². The first-order chi connectivity index (χ1) is 7.92. The van der Waals surface area contributed by atoms with Crippen LogP contribution < -0.4 is 10.5 Å². The number of piperidine rings is 1. The highest BCUT2D eigenvalue weighted by Crippen LogP contribution is 2.19. The second-order valence-electron chi connectivity index (χ2n) is 4.92. The zero-order valence-electron chi connectivity index (χ0n) is 10.9. The SMILES string of the molecule is CCNC(C)C1CCCN(CCS(N)(=O)=O)C1. The van der Waals surface area contributed by atoms with E-state index in [0.717, 1.165) is 26.1 Å². The van der Waals surface area contributed by atoms with Gasteiger partial charge in [-0.15, -0.1) is 0 Å². The average Bonchev–Trinajstić information content (AvgIpc) is 2.26. The molecule has 6 heteroatoms. The molecule has 0 saturated carbocycles. The van der Waals surface area contributed by atoms with E-state index in [9.17, 15) is 8.42 Å². The van der Waals surface area contributed by atoms with Crippen LogP contribution in [0, 0.1) is 5.92 Å². The molecule has 1 rings (SSSR count). The summed E-state index contributed by atoms with van der Waals surface area (Å²) in [6.45, 7) is 7.83. The normalized spacial score (nSPS) is 24.8. The molecular weight excluding hydrogens is 238 g/mol. The third kappa shape index (κ3) is 5.81. The van der Waals surface area contributed by atoms with Crippen LogP contribution in [0.1, 0.15) is 26.7 Å². The van der Waals surface area contributed by atoms with Gasteiger partial charge in [-0.3, -0.25) is 0 Å². The van der Waals surface area contributed by atoms with Crippen LogP contribution in [-0.2, 0) is 10.0 Å². The van der Waals surface area contributed by atoms with Crippen molar-refractivity contribution in [1.29, 1.82) is 0 Å². The van der Waals surface area contributed by atoms with Crippen LogP contribution in [0.4, 0.5) is 0 Å². The number of nitrogens with one attached hydrogen (secondary N) is 1.